The minimum absolute atomic E-state index is 0.252. The Morgan fingerprint density at radius 1 is 1.19 bits per heavy atom. The fourth-order valence-corrected chi connectivity index (χ4v) is 4.86. The highest BCUT2D eigenvalue weighted by molar-refractivity contribution is 6.12. The first kappa shape index (κ1) is 19.1. The highest BCUT2D eigenvalue weighted by Crippen LogP contribution is 2.51. The topological polar surface area (TPSA) is 101 Å². The molecule has 3 aliphatic rings. The zero-order chi connectivity index (χ0) is 21.9. The van der Waals surface area contributed by atoms with Crippen molar-refractivity contribution in [3.63, 3.8) is 0 Å². The molecule has 0 aromatic heterocycles. The maximum atomic E-state index is 13.4. The van der Waals surface area contributed by atoms with Gasteiger partial charge in [-0.25, -0.2) is 0 Å². The molecule has 0 bridgehead atoms. The SMILES string of the molecule is COc1cc2c(cc1OC)C1=C[C@]3(C(=O)Nc4ccc(C)cc43)C(C#N)=C(N)N1CC2. The predicted molar refractivity (Wildman–Crippen MR) is 116 cm³/mol. The van der Waals surface area contributed by atoms with E-state index in [2.05, 4.69) is 11.4 Å². The second kappa shape index (κ2) is 6.54. The van der Waals surface area contributed by atoms with Gasteiger partial charge in [0.15, 0.2) is 11.5 Å². The van der Waals surface area contributed by atoms with Crippen LogP contribution in [0.1, 0.15) is 22.3 Å². The quantitative estimate of drug-likeness (QED) is 0.784. The molecule has 3 heterocycles. The van der Waals surface area contributed by atoms with Crippen LogP contribution in [0.3, 0.4) is 0 Å². The molecular weight excluding hydrogens is 392 g/mol. The van der Waals surface area contributed by atoms with Crippen LogP contribution in [0.2, 0.25) is 0 Å². The number of hydrogen-bond donors (Lipinski definition) is 2. The van der Waals surface area contributed by atoms with Crippen LogP contribution in [0.25, 0.3) is 5.70 Å². The number of nitrogens with one attached hydrogen (secondary N) is 1. The lowest BCUT2D eigenvalue weighted by molar-refractivity contribution is -0.118. The molecule has 0 unspecified atom stereocenters. The minimum atomic E-state index is -1.27. The molecule has 1 amide bonds. The fourth-order valence-electron chi connectivity index (χ4n) is 4.86. The van der Waals surface area contributed by atoms with E-state index in [0.29, 0.717) is 29.6 Å². The molecule has 0 aliphatic carbocycles. The van der Waals surface area contributed by atoms with Gasteiger partial charge < -0.3 is 25.4 Å². The van der Waals surface area contributed by atoms with E-state index in [0.717, 1.165) is 34.4 Å². The summed E-state index contributed by atoms with van der Waals surface area (Å²) in [5.41, 5.74) is 10.8. The molecule has 3 N–H and O–H groups in total. The lowest BCUT2D eigenvalue weighted by Gasteiger charge is -2.41. The molecule has 0 saturated heterocycles. The molecule has 7 heteroatoms. The molecular formula is C24H22N4O3. The van der Waals surface area contributed by atoms with Crippen LogP contribution in [-0.4, -0.2) is 31.6 Å². The second-order valence-electron chi connectivity index (χ2n) is 7.98. The molecule has 2 aromatic carbocycles. The number of aryl methyl sites for hydroxylation is 1. The number of carbonyl (C=O) groups excluding carboxylic acids is 1. The van der Waals surface area contributed by atoms with E-state index < -0.39 is 5.41 Å². The number of fused-ring (bicyclic) bond motifs is 5. The third kappa shape index (κ3) is 2.42. The van der Waals surface area contributed by atoms with E-state index in [1.807, 2.05) is 48.2 Å². The number of rotatable bonds is 2. The second-order valence-corrected chi connectivity index (χ2v) is 7.98. The van der Waals surface area contributed by atoms with E-state index in [-0.39, 0.29) is 11.5 Å². The Labute approximate surface area is 180 Å². The summed E-state index contributed by atoms with van der Waals surface area (Å²) < 4.78 is 11.0. The molecule has 3 aliphatic heterocycles. The van der Waals surface area contributed by atoms with Crippen LogP contribution in [-0.2, 0) is 16.6 Å². The van der Waals surface area contributed by atoms with Gasteiger partial charge in [-0.15, -0.1) is 0 Å². The molecule has 0 fully saturated rings. The molecule has 7 nitrogen and oxygen atoms in total. The lowest BCUT2D eigenvalue weighted by Crippen LogP contribution is -2.45. The van der Waals surface area contributed by atoms with Gasteiger partial charge in [-0.3, -0.25) is 4.79 Å². The van der Waals surface area contributed by atoms with E-state index in [1.54, 1.807) is 14.2 Å². The standard InChI is InChI=1S/C24H22N4O3/c1-13-4-5-18-16(8-13)24(23(29)27-18)11-19-15-10-21(31-3)20(30-2)9-14(15)6-7-28(19)22(26)17(24)12-25/h4-5,8-11H,6-7,26H2,1-3H3,(H,27,29)/t24-/m1/s1. The number of amides is 1. The monoisotopic (exact) mass is 414 g/mol. The van der Waals surface area contributed by atoms with Crippen molar-refractivity contribution in [1.29, 1.82) is 5.26 Å². The first-order chi connectivity index (χ1) is 14.9. The van der Waals surface area contributed by atoms with E-state index in [1.165, 1.54) is 0 Å². The van der Waals surface area contributed by atoms with E-state index in [9.17, 15) is 10.1 Å². The Bertz CT molecular complexity index is 1250. The number of benzene rings is 2. The van der Waals surface area contributed by atoms with Gasteiger partial charge in [0.25, 0.3) is 0 Å². The Morgan fingerprint density at radius 3 is 2.65 bits per heavy atom. The summed E-state index contributed by atoms with van der Waals surface area (Å²) in [5, 5.41) is 13.0. The van der Waals surface area contributed by atoms with Crippen LogP contribution < -0.4 is 20.5 Å². The molecule has 2 aromatic rings. The Kier molecular flexibility index (Phi) is 4.02. The highest BCUT2D eigenvalue weighted by atomic mass is 16.5. The Balaban J connectivity index is 1.81. The summed E-state index contributed by atoms with van der Waals surface area (Å²) in [7, 11) is 3.20. The van der Waals surface area contributed by atoms with Crippen molar-refractivity contribution in [2.75, 3.05) is 26.1 Å². The van der Waals surface area contributed by atoms with Crippen LogP contribution in [0.5, 0.6) is 11.5 Å². The van der Waals surface area contributed by atoms with Crippen molar-refractivity contribution < 1.29 is 14.3 Å². The van der Waals surface area contributed by atoms with Crippen LogP contribution in [0, 0.1) is 18.3 Å². The zero-order valence-electron chi connectivity index (χ0n) is 17.6. The molecule has 156 valence electrons. The van der Waals surface area contributed by atoms with Gasteiger partial charge in [-0.2, -0.15) is 5.26 Å². The van der Waals surface area contributed by atoms with Crippen molar-refractivity contribution in [3.8, 4) is 17.6 Å². The summed E-state index contributed by atoms with van der Waals surface area (Å²) >= 11 is 0. The van der Waals surface area contributed by atoms with E-state index >= 15 is 0 Å². The van der Waals surface area contributed by atoms with Crippen molar-refractivity contribution in [3.05, 3.63) is 70.1 Å². The molecule has 5 rings (SSSR count). The number of methoxy groups -OCH3 is 2. The first-order valence-corrected chi connectivity index (χ1v) is 10.0. The summed E-state index contributed by atoms with van der Waals surface area (Å²) in [5.74, 6) is 1.29. The van der Waals surface area contributed by atoms with Gasteiger partial charge in [0.05, 0.1) is 19.8 Å². The Morgan fingerprint density at radius 2 is 1.94 bits per heavy atom. The lowest BCUT2D eigenvalue weighted by atomic mass is 9.71. The predicted octanol–water partition coefficient (Wildman–Crippen LogP) is 2.81. The van der Waals surface area contributed by atoms with Gasteiger partial charge in [-0.1, -0.05) is 17.7 Å². The van der Waals surface area contributed by atoms with Gasteiger partial charge in [0.1, 0.15) is 17.3 Å². The molecule has 1 spiro atoms. The summed E-state index contributed by atoms with van der Waals surface area (Å²) in [6.07, 6.45) is 2.60. The van der Waals surface area contributed by atoms with Crippen molar-refractivity contribution >= 4 is 17.3 Å². The number of ether oxygens (including phenoxy) is 2. The number of hydrogen-bond acceptors (Lipinski definition) is 6. The molecule has 31 heavy (non-hydrogen) atoms. The number of carbonyl (C=O) groups is 1. The van der Waals surface area contributed by atoms with Crippen molar-refractivity contribution in [1.82, 2.24) is 4.90 Å². The third-order valence-corrected chi connectivity index (χ3v) is 6.39. The molecule has 1 atom stereocenters. The average molecular weight is 414 g/mol. The smallest absolute Gasteiger partial charge is 0.244 e. The van der Waals surface area contributed by atoms with Gasteiger partial charge in [0.2, 0.25) is 5.91 Å². The maximum Gasteiger partial charge on any atom is 0.244 e. The number of nitrogens with zero attached hydrogens (tertiary/aromatic N) is 2. The van der Waals surface area contributed by atoms with Gasteiger partial charge >= 0.3 is 0 Å². The van der Waals surface area contributed by atoms with Crippen LogP contribution in [0.4, 0.5) is 5.69 Å². The summed E-state index contributed by atoms with van der Waals surface area (Å²) in [4.78, 5) is 15.3. The van der Waals surface area contributed by atoms with Crippen LogP contribution >= 0.6 is 0 Å². The number of nitriles is 1. The highest BCUT2D eigenvalue weighted by Gasteiger charge is 2.53. The van der Waals surface area contributed by atoms with Crippen molar-refractivity contribution in [2.24, 2.45) is 5.73 Å². The minimum Gasteiger partial charge on any atom is -0.493 e. The molecule has 0 radical (unpaired) electrons. The number of anilines is 1. The number of nitrogens with two attached hydrogens (primary N) is 1. The third-order valence-electron chi connectivity index (χ3n) is 6.39. The zero-order valence-corrected chi connectivity index (χ0v) is 17.6. The summed E-state index contributed by atoms with van der Waals surface area (Å²) in [6, 6.07) is 11.9. The summed E-state index contributed by atoms with van der Waals surface area (Å²) in [6.45, 7) is 2.56. The van der Waals surface area contributed by atoms with E-state index in [4.69, 9.17) is 15.2 Å². The maximum absolute atomic E-state index is 13.4. The average Bonchev–Trinajstić information content (AvgIpc) is 3.04. The largest absolute Gasteiger partial charge is 0.493 e. The van der Waals surface area contributed by atoms with Gasteiger partial charge in [0, 0.05) is 29.1 Å². The van der Waals surface area contributed by atoms with Gasteiger partial charge in [-0.05, 0) is 43.2 Å². The first-order valence-electron chi connectivity index (χ1n) is 10.0. The Hall–Kier alpha value is -3.92. The fraction of sp³-hybridized carbons (Fsp3) is 0.250. The van der Waals surface area contributed by atoms with Crippen molar-refractivity contribution in [2.45, 2.75) is 18.8 Å². The van der Waals surface area contributed by atoms with Crippen LogP contribution in [0.15, 0.2) is 47.8 Å². The molecule has 0 saturated carbocycles. The normalized spacial score (nSPS) is 21.0.